The minimum atomic E-state index is -0.638. The molecular formula is C21H23NO4. The zero-order valence-corrected chi connectivity index (χ0v) is 15.0. The molecule has 1 atom stereocenters. The second kappa shape index (κ2) is 9.51. The molecule has 0 radical (unpaired) electrons. The Morgan fingerprint density at radius 1 is 0.962 bits per heavy atom. The molecule has 26 heavy (non-hydrogen) atoms. The lowest BCUT2D eigenvalue weighted by Gasteiger charge is -2.16. The van der Waals surface area contributed by atoms with E-state index >= 15 is 0 Å². The number of rotatable bonds is 8. The molecule has 0 saturated heterocycles. The summed E-state index contributed by atoms with van der Waals surface area (Å²) >= 11 is 0. The van der Waals surface area contributed by atoms with Crippen LogP contribution in [0.3, 0.4) is 0 Å². The van der Waals surface area contributed by atoms with Crippen molar-refractivity contribution in [2.45, 2.75) is 32.7 Å². The quantitative estimate of drug-likeness (QED) is 0.740. The van der Waals surface area contributed by atoms with Crippen LogP contribution in [0.2, 0.25) is 0 Å². The lowest BCUT2D eigenvalue weighted by Crippen LogP contribution is -2.43. The van der Waals surface area contributed by atoms with Crippen LogP contribution in [0.1, 0.15) is 23.6 Å². The zero-order valence-electron chi connectivity index (χ0n) is 15.0. The molecule has 0 aromatic heterocycles. The Hall–Kier alpha value is -2.95. The highest BCUT2D eigenvalue weighted by Gasteiger charge is 2.18. The molecular weight excluding hydrogens is 330 g/mol. The number of ether oxygens (including phenoxy) is 1. The van der Waals surface area contributed by atoms with E-state index < -0.39 is 24.5 Å². The van der Waals surface area contributed by atoms with Gasteiger partial charge in [-0.3, -0.25) is 14.4 Å². The van der Waals surface area contributed by atoms with Crippen molar-refractivity contribution in [1.29, 1.82) is 0 Å². The highest BCUT2D eigenvalue weighted by atomic mass is 16.5. The van der Waals surface area contributed by atoms with Crippen LogP contribution in [0, 0.1) is 6.92 Å². The van der Waals surface area contributed by atoms with Crippen molar-refractivity contribution < 1.29 is 19.1 Å². The third-order valence-electron chi connectivity index (χ3n) is 3.94. The summed E-state index contributed by atoms with van der Waals surface area (Å²) < 4.78 is 5.01. The highest BCUT2D eigenvalue weighted by molar-refractivity contribution is 5.89. The number of esters is 1. The van der Waals surface area contributed by atoms with Crippen LogP contribution >= 0.6 is 0 Å². The van der Waals surface area contributed by atoms with Gasteiger partial charge in [0.15, 0.2) is 12.4 Å². The number of carbonyl (C=O) groups excluding carboxylic acids is 3. The van der Waals surface area contributed by atoms with Crippen LogP contribution in [-0.4, -0.2) is 30.3 Å². The summed E-state index contributed by atoms with van der Waals surface area (Å²) in [6.45, 7) is 2.99. The predicted molar refractivity (Wildman–Crippen MR) is 98.6 cm³/mol. The van der Waals surface area contributed by atoms with Crippen molar-refractivity contribution in [1.82, 2.24) is 5.32 Å². The number of hydrogen-bond acceptors (Lipinski definition) is 4. The Morgan fingerprint density at radius 2 is 1.62 bits per heavy atom. The minimum Gasteiger partial charge on any atom is -0.455 e. The first kappa shape index (κ1) is 19.4. The second-order valence-corrected chi connectivity index (χ2v) is 6.24. The van der Waals surface area contributed by atoms with E-state index in [2.05, 4.69) is 5.32 Å². The first-order chi connectivity index (χ1) is 12.4. The van der Waals surface area contributed by atoms with E-state index in [1.54, 1.807) is 0 Å². The molecule has 2 rings (SSSR count). The van der Waals surface area contributed by atoms with Crippen molar-refractivity contribution in [3.63, 3.8) is 0 Å². The standard InChI is InChI=1S/C21H23NO4/c1-15-8-10-18(11-9-15)13-21(25)26-14-20(24)22-19(16(2)23)12-17-6-4-3-5-7-17/h3-11,19H,12-14H2,1-2H3,(H,22,24)/t19-/m1/s1. The average Bonchev–Trinajstić information content (AvgIpc) is 2.62. The average molecular weight is 353 g/mol. The van der Waals surface area contributed by atoms with E-state index in [0.29, 0.717) is 6.42 Å². The molecule has 0 saturated carbocycles. The molecule has 2 aromatic carbocycles. The topological polar surface area (TPSA) is 72.5 Å². The molecule has 0 heterocycles. The number of nitrogens with one attached hydrogen (secondary N) is 1. The molecule has 1 amide bonds. The van der Waals surface area contributed by atoms with Gasteiger partial charge in [-0.1, -0.05) is 60.2 Å². The third-order valence-corrected chi connectivity index (χ3v) is 3.94. The molecule has 0 spiro atoms. The van der Waals surface area contributed by atoms with Crippen molar-refractivity contribution in [3.8, 4) is 0 Å². The number of amides is 1. The molecule has 136 valence electrons. The van der Waals surface area contributed by atoms with Crippen molar-refractivity contribution in [2.75, 3.05) is 6.61 Å². The van der Waals surface area contributed by atoms with Crippen LogP contribution in [0.25, 0.3) is 0 Å². The fourth-order valence-electron chi connectivity index (χ4n) is 2.45. The normalized spacial score (nSPS) is 11.5. The van der Waals surface area contributed by atoms with Crippen LogP contribution in [0.15, 0.2) is 54.6 Å². The number of ketones is 1. The van der Waals surface area contributed by atoms with E-state index in [-0.39, 0.29) is 12.2 Å². The van der Waals surface area contributed by atoms with E-state index in [4.69, 9.17) is 4.74 Å². The molecule has 0 unspecified atom stereocenters. The van der Waals surface area contributed by atoms with Gasteiger partial charge in [0, 0.05) is 0 Å². The molecule has 1 N–H and O–H groups in total. The summed E-state index contributed by atoms with van der Waals surface area (Å²) in [4.78, 5) is 35.6. The highest BCUT2D eigenvalue weighted by Crippen LogP contribution is 2.06. The number of benzene rings is 2. The summed E-state index contributed by atoms with van der Waals surface area (Å²) in [7, 11) is 0. The summed E-state index contributed by atoms with van der Waals surface area (Å²) in [5.74, 6) is -1.11. The Labute approximate surface area is 153 Å². The fraction of sp³-hybridized carbons (Fsp3) is 0.286. The summed E-state index contributed by atoms with van der Waals surface area (Å²) in [5, 5.41) is 2.63. The maximum atomic E-state index is 12.0. The van der Waals surface area contributed by atoms with E-state index in [1.165, 1.54) is 6.92 Å². The first-order valence-corrected chi connectivity index (χ1v) is 8.49. The summed E-state index contributed by atoms with van der Waals surface area (Å²) in [6.07, 6.45) is 0.507. The Balaban J connectivity index is 1.81. The van der Waals surface area contributed by atoms with Gasteiger partial charge >= 0.3 is 5.97 Å². The zero-order chi connectivity index (χ0) is 18.9. The molecule has 5 heteroatoms. The number of Topliss-reactive ketones (excluding diaryl/α,β-unsaturated/α-hetero) is 1. The van der Waals surface area contributed by atoms with Gasteiger partial charge in [0.1, 0.15) is 0 Å². The van der Waals surface area contributed by atoms with Gasteiger partial charge in [-0.15, -0.1) is 0 Å². The maximum Gasteiger partial charge on any atom is 0.310 e. The van der Waals surface area contributed by atoms with Crippen LogP contribution < -0.4 is 5.32 Å². The Bertz CT molecular complexity index is 753. The molecule has 0 aliphatic carbocycles. The molecule has 0 bridgehead atoms. The summed E-state index contributed by atoms with van der Waals surface area (Å²) in [5.41, 5.74) is 2.88. The van der Waals surface area contributed by atoms with Crippen LogP contribution in [-0.2, 0) is 32.0 Å². The van der Waals surface area contributed by atoms with E-state index in [1.807, 2.05) is 61.5 Å². The number of hydrogen-bond donors (Lipinski definition) is 1. The molecule has 2 aromatic rings. The monoisotopic (exact) mass is 353 g/mol. The van der Waals surface area contributed by atoms with Gasteiger partial charge in [-0.2, -0.15) is 0 Å². The second-order valence-electron chi connectivity index (χ2n) is 6.24. The molecule has 5 nitrogen and oxygen atoms in total. The van der Waals surface area contributed by atoms with Gasteiger partial charge in [-0.05, 0) is 31.4 Å². The lowest BCUT2D eigenvalue weighted by atomic mass is 10.0. The van der Waals surface area contributed by atoms with Crippen LogP contribution in [0.4, 0.5) is 0 Å². The van der Waals surface area contributed by atoms with Crippen molar-refractivity contribution >= 4 is 17.7 Å². The number of aryl methyl sites for hydroxylation is 1. The lowest BCUT2D eigenvalue weighted by molar-refractivity contribution is -0.148. The first-order valence-electron chi connectivity index (χ1n) is 8.49. The fourth-order valence-corrected chi connectivity index (χ4v) is 2.45. The van der Waals surface area contributed by atoms with Crippen LogP contribution in [0.5, 0.6) is 0 Å². The van der Waals surface area contributed by atoms with E-state index in [9.17, 15) is 14.4 Å². The van der Waals surface area contributed by atoms with Crippen molar-refractivity contribution in [3.05, 3.63) is 71.3 Å². The summed E-state index contributed by atoms with van der Waals surface area (Å²) in [6, 6.07) is 16.3. The minimum absolute atomic E-state index is 0.105. The Morgan fingerprint density at radius 3 is 2.23 bits per heavy atom. The van der Waals surface area contributed by atoms with Gasteiger partial charge in [0.25, 0.3) is 5.91 Å². The molecule has 0 aliphatic heterocycles. The predicted octanol–water partition coefficient (Wildman–Crippen LogP) is 2.40. The molecule has 0 fully saturated rings. The SMILES string of the molecule is CC(=O)[C@@H](Cc1ccccc1)NC(=O)COC(=O)Cc1ccc(C)cc1. The van der Waals surface area contributed by atoms with Gasteiger partial charge in [0.05, 0.1) is 12.5 Å². The maximum absolute atomic E-state index is 12.0. The largest absolute Gasteiger partial charge is 0.455 e. The molecule has 0 aliphatic rings. The van der Waals surface area contributed by atoms with Gasteiger partial charge in [-0.25, -0.2) is 0 Å². The number of carbonyl (C=O) groups is 3. The van der Waals surface area contributed by atoms with Crippen molar-refractivity contribution in [2.24, 2.45) is 0 Å². The smallest absolute Gasteiger partial charge is 0.310 e. The third kappa shape index (κ3) is 6.51. The van der Waals surface area contributed by atoms with Gasteiger partial charge < -0.3 is 10.1 Å². The van der Waals surface area contributed by atoms with E-state index in [0.717, 1.165) is 16.7 Å². The Kier molecular flexibility index (Phi) is 7.09. The van der Waals surface area contributed by atoms with Gasteiger partial charge in [0.2, 0.25) is 0 Å².